The van der Waals surface area contributed by atoms with Gasteiger partial charge < -0.3 is 0 Å². The Labute approximate surface area is 112 Å². The number of thioether (sulfide) groups is 1. The zero-order valence-electron chi connectivity index (χ0n) is 10.6. The fraction of sp³-hybridized carbons (Fsp3) is 0.417. The van der Waals surface area contributed by atoms with E-state index in [0.717, 1.165) is 0 Å². The van der Waals surface area contributed by atoms with Crippen molar-refractivity contribution in [3.05, 3.63) is 29.3 Å². The van der Waals surface area contributed by atoms with Crippen LogP contribution in [0, 0.1) is 18.3 Å². The van der Waals surface area contributed by atoms with Gasteiger partial charge in [-0.15, -0.1) is 0 Å². The van der Waals surface area contributed by atoms with Crippen molar-refractivity contribution < 1.29 is 8.42 Å². The summed E-state index contributed by atoms with van der Waals surface area (Å²) >= 11 is 1.59. The van der Waals surface area contributed by atoms with Crippen LogP contribution in [0.5, 0.6) is 0 Å². The van der Waals surface area contributed by atoms with Gasteiger partial charge >= 0.3 is 0 Å². The quantitative estimate of drug-likeness (QED) is 0.896. The van der Waals surface area contributed by atoms with Crippen LogP contribution in [0.15, 0.2) is 23.1 Å². The number of sulfonamides is 1. The summed E-state index contributed by atoms with van der Waals surface area (Å²) in [5.74, 6) is 0.717. The van der Waals surface area contributed by atoms with Gasteiger partial charge in [0.25, 0.3) is 0 Å². The van der Waals surface area contributed by atoms with Crippen LogP contribution in [0.3, 0.4) is 0 Å². The van der Waals surface area contributed by atoms with Gasteiger partial charge in [0.05, 0.1) is 16.5 Å². The average molecular weight is 284 g/mol. The molecule has 0 fully saturated rings. The van der Waals surface area contributed by atoms with Crippen LogP contribution >= 0.6 is 11.8 Å². The van der Waals surface area contributed by atoms with E-state index in [4.69, 9.17) is 5.26 Å². The zero-order valence-corrected chi connectivity index (χ0v) is 12.2. The van der Waals surface area contributed by atoms with Gasteiger partial charge in [-0.2, -0.15) is 17.0 Å². The molecular weight excluding hydrogens is 268 g/mol. The van der Waals surface area contributed by atoms with Crippen molar-refractivity contribution in [1.29, 1.82) is 5.26 Å². The molecular formula is C12H16N2O2S2. The molecule has 98 valence electrons. The van der Waals surface area contributed by atoms with E-state index in [0.29, 0.717) is 16.9 Å². The SMILES string of the molecule is CSC[C@H](C)NS(=O)(=O)c1ccc(C#N)cc1C. The summed E-state index contributed by atoms with van der Waals surface area (Å²) in [6, 6.07) is 6.43. The Morgan fingerprint density at radius 1 is 1.50 bits per heavy atom. The number of nitriles is 1. The molecule has 0 aliphatic carbocycles. The lowest BCUT2D eigenvalue weighted by Gasteiger charge is -2.14. The molecule has 6 heteroatoms. The molecule has 0 radical (unpaired) electrons. The summed E-state index contributed by atoms with van der Waals surface area (Å²) in [5.41, 5.74) is 1.04. The fourth-order valence-corrected chi connectivity index (χ4v) is 3.79. The monoisotopic (exact) mass is 284 g/mol. The molecule has 0 amide bonds. The second-order valence-electron chi connectivity index (χ2n) is 4.07. The third-order valence-corrected chi connectivity index (χ3v) is 4.95. The minimum atomic E-state index is -3.51. The summed E-state index contributed by atoms with van der Waals surface area (Å²) < 4.78 is 26.9. The first-order valence-corrected chi connectivity index (χ1v) is 8.30. The van der Waals surface area contributed by atoms with Crippen molar-refractivity contribution in [2.24, 2.45) is 0 Å². The smallest absolute Gasteiger partial charge is 0.208 e. The van der Waals surface area contributed by atoms with E-state index >= 15 is 0 Å². The molecule has 0 saturated heterocycles. The maximum absolute atomic E-state index is 12.1. The van der Waals surface area contributed by atoms with Crippen molar-refractivity contribution in [3.63, 3.8) is 0 Å². The van der Waals surface area contributed by atoms with Crippen LogP contribution in [0.25, 0.3) is 0 Å². The van der Waals surface area contributed by atoms with Crippen molar-refractivity contribution in [2.45, 2.75) is 24.8 Å². The molecule has 0 aromatic heterocycles. The average Bonchev–Trinajstić information content (AvgIpc) is 2.27. The molecule has 1 atom stereocenters. The van der Waals surface area contributed by atoms with Gasteiger partial charge in [0.1, 0.15) is 0 Å². The first-order valence-electron chi connectivity index (χ1n) is 5.42. The molecule has 0 aliphatic heterocycles. The van der Waals surface area contributed by atoms with E-state index in [2.05, 4.69) is 4.72 Å². The second kappa shape index (κ2) is 6.23. The van der Waals surface area contributed by atoms with Crippen LogP contribution in [-0.4, -0.2) is 26.5 Å². The third-order valence-electron chi connectivity index (χ3n) is 2.37. The first kappa shape index (κ1) is 15.0. The molecule has 0 bridgehead atoms. The summed E-state index contributed by atoms with van der Waals surface area (Å²) in [5, 5.41) is 8.75. The molecule has 1 aromatic carbocycles. The second-order valence-corrected chi connectivity index (χ2v) is 6.66. The van der Waals surface area contributed by atoms with Gasteiger partial charge in [0.15, 0.2) is 0 Å². The molecule has 1 aromatic rings. The molecule has 1 N–H and O–H groups in total. The highest BCUT2D eigenvalue weighted by molar-refractivity contribution is 7.98. The number of hydrogen-bond acceptors (Lipinski definition) is 4. The van der Waals surface area contributed by atoms with E-state index in [1.165, 1.54) is 12.1 Å². The normalized spacial score (nSPS) is 13.0. The lowest BCUT2D eigenvalue weighted by molar-refractivity contribution is 0.570. The molecule has 0 heterocycles. The maximum atomic E-state index is 12.1. The van der Waals surface area contributed by atoms with Gasteiger partial charge in [-0.3, -0.25) is 0 Å². The largest absolute Gasteiger partial charge is 0.241 e. The van der Waals surface area contributed by atoms with Gasteiger partial charge in [-0.1, -0.05) is 0 Å². The molecule has 18 heavy (non-hydrogen) atoms. The van der Waals surface area contributed by atoms with E-state index in [-0.39, 0.29) is 10.9 Å². The predicted molar refractivity (Wildman–Crippen MR) is 74.1 cm³/mol. The highest BCUT2D eigenvalue weighted by Gasteiger charge is 2.19. The van der Waals surface area contributed by atoms with Gasteiger partial charge in [0, 0.05) is 11.8 Å². The van der Waals surface area contributed by atoms with Crippen LogP contribution in [0.4, 0.5) is 0 Å². The maximum Gasteiger partial charge on any atom is 0.241 e. The van der Waals surface area contributed by atoms with Crippen LogP contribution in [0.1, 0.15) is 18.1 Å². The van der Waals surface area contributed by atoms with E-state index in [1.54, 1.807) is 24.8 Å². The minimum Gasteiger partial charge on any atom is -0.208 e. The lowest BCUT2D eigenvalue weighted by Crippen LogP contribution is -2.34. The Morgan fingerprint density at radius 3 is 2.67 bits per heavy atom. The molecule has 1 rings (SSSR count). The van der Waals surface area contributed by atoms with Crippen molar-refractivity contribution >= 4 is 21.8 Å². The van der Waals surface area contributed by atoms with Gasteiger partial charge in [-0.05, 0) is 43.9 Å². The Bertz CT molecular complexity index is 562. The molecule has 0 aliphatic rings. The standard InChI is InChI=1S/C12H16N2O2S2/c1-9-6-11(7-13)4-5-12(9)18(15,16)14-10(2)8-17-3/h4-6,10,14H,8H2,1-3H3/t10-/m0/s1. The highest BCUT2D eigenvalue weighted by Crippen LogP contribution is 2.17. The molecule has 0 saturated carbocycles. The highest BCUT2D eigenvalue weighted by atomic mass is 32.2. The number of hydrogen-bond donors (Lipinski definition) is 1. The predicted octanol–water partition coefficient (Wildman–Crippen LogP) is 1.90. The lowest BCUT2D eigenvalue weighted by atomic mass is 10.2. The first-order chi connectivity index (χ1) is 8.40. The van der Waals surface area contributed by atoms with E-state index in [1.807, 2.05) is 19.2 Å². The van der Waals surface area contributed by atoms with E-state index in [9.17, 15) is 8.42 Å². The van der Waals surface area contributed by atoms with Crippen molar-refractivity contribution in [3.8, 4) is 6.07 Å². The number of aryl methyl sites for hydroxylation is 1. The van der Waals surface area contributed by atoms with E-state index < -0.39 is 10.0 Å². The zero-order chi connectivity index (χ0) is 13.8. The summed E-state index contributed by atoms with van der Waals surface area (Å²) in [7, 11) is -3.51. The topological polar surface area (TPSA) is 70.0 Å². The van der Waals surface area contributed by atoms with Crippen molar-refractivity contribution in [2.75, 3.05) is 12.0 Å². The fourth-order valence-electron chi connectivity index (χ4n) is 1.63. The van der Waals surface area contributed by atoms with Crippen LogP contribution < -0.4 is 4.72 Å². The number of rotatable bonds is 5. The Morgan fingerprint density at radius 2 is 2.17 bits per heavy atom. The number of benzene rings is 1. The third kappa shape index (κ3) is 3.73. The number of nitrogens with zero attached hydrogens (tertiary/aromatic N) is 1. The van der Waals surface area contributed by atoms with Crippen LogP contribution in [-0.2, 0) is 10.0 Å². The van der Waals surface area contributed by atoms with Crippen molar-refractivity contribution in [1.82, 2.24) is 4.72 Å². The molecule has 4 nitrogen and oxygen atoms in total. The number of nitrogens with one attached hydrogen (secondary N) is 1. The summed E-state index contributed by atoms with van der Waals surface area (Å²) in [4.78, 5) is 0.231. The summed E-state index contributed by atoms with van der Waals surface area (Å²) in [6.45, 7) is 3.52. The Kier molecular flexibility index (Phi) is 5.20. The van der Waals surface area contributed by atoms with Crippen LogP contribution in [0.2, 0.25) is 0 Å². The van der Waals surface area contributed by atoms with Gasteiger partial charge in [0.2, 0.25) is 10.0 Å². The van der Waals surface area contributed by atoms with Gasteiger partial charge in [-0.25, -0.2) is 13.1 Å². The Balaban J connectivity index is 3.03. The molecule has 0 spiro atoms. The Hall–Kier alpha value is -1.03. The summed E-state index contributed by atoms with van der Waals surface area (Å²) in [6.07, 6.45) is 1.93. The minimum absolute atomic E-state index is 0.125. The molecule has 0 unspecified atom stereocenters.